The van der Waals surface area contributed by atoms with Gasteiger partial charge in [-0.2, -0.15) is 0 Å². The van der Waals surface area contributed by atoms with Crippen molar-refractivity contribution in [1.29, 1.82) is 0 Å². The number of carbonyl (C=O) groups excluding carboxylic acids is 1. The maximum atomic E-state index is 15.2. The van der Waals surface area contributed by atoms with E-state index in [2.05, 4.69) is 15.3 Å². The number of hydrogen-bond donors (Lipinski definition) is 1. The molecule has 0 aliphatic carbocycles. The number of halogens is 2. The molecular formula is C32H28F2N4O5. The highest BCUT2D eigenvalue weighted by Gasteiger charge is 2.21. The molecule has 5 rings (SSSR count). The Morgan fingerprint density at radius 1 is 0.977 bits per heavy atom. The second kappa shape index (κ2) is 11.9. The molecule has 0 atom stereocenters. The monoisotopic (exact) mass is 586 g/mol. The van der Waals surface area contributed by atoms with E-state index in [-0.39, 0.29) is 40.2 Å². The first kappa shape index (κ1) is 29.2. The van der Waals surface area contributed by atoms with Gasteiger partial charge in [0, 0.05) is 53.6 Å². The largest absolute Gasteiger partial charge is 0.491 e. The number of hydrogen-bond acceptors (Lipinski definition) is 7. The minimum Gasteiger partial charge on any atom is -0.491 e. The maximum Gasteiger partial charge on any atom is 0.261 e. The fraction of sp³-hybridized carbons (Fsp3) is 0.188. The van der Waals surface area contributed by atoms with Gasteiger partial charge in [0.15, 0.2) is 23.1 Å². The van der Waals surface area contributed by atoms with Gasteiger partial charge in [-0.3, -0.25) is 14.6 Å². The van der Waals surface area contributed by atoms with Gasteiger partial charge in [0.25, 0.3) is 11.8 Å². The van der Waals surface area contributed by atoms with Crippen molar-refractivity contribution in [3.05, 3.63) is 100 Å². The Bertz CT molecular complexity index is 1920. The summed E-state index contributed by atoms with van der Waals surface area (Å²) in [5.74, 6) is -1.34. The summed E-state index contributed by atoms with van der Waals surface area (Å²) in [4.78, 5) is 35.5. The van der Waals surface area contributed by atoms with Crippen LogP contribution in [0.3, 0.4) is 0 Å². The molecule has 2 aromatic carbocycles. The lowest BCUT2D eigenvalue weighted by Gasteiger charge is -2.20. The quantitative estimate of drug-likeness (QED) is 0.216. The summed E-state index contributed by atoms with van der Waals surface area (Å²) < 4.78 is 47.4. The Kier molecular flexibility index (Phi) is 8.07. The first-order chi connectivity index (χ1) is 20.6. The van der Waals surface area contributed by atoms with Crippen molar-refractivity contribution >= 4 is 22.6 Å². The van der Waals surface area contributed by atoms with Crippen LogP contribution in [-0.4, -0.2) is 34.7 Å². The average molecular weight is 587 g/mol. The first-order valence-corrected chi connectivity index (χ1v) is 13.3. The molecule has 0 bridgehead atoms. The number of nitrogens with zero attached hydrogens (tertiary/aromatic N) is 3. The van der Waals surface area contributed by atoms with Crippen LogP contribution < -0.4 is 25.0 Å². The van der Waals surface area contributed by atoms with Crippen molar-refractivity contribution in [3.63, 3.8) is 0 Å². The lowest BCUT2D eigenvalue weighted by atomic mass is 10.00. The molecular weight excluding hydrogens is 558 g/mol. The zero-order valence-corrected chi connectivity index (χ0v) is 24.1. The third-order valence-electron chi connectivity index (χ3n) is 6.83. The average Bonchev–Trinajstić information content (AvgIpc) is 2.97. The van der Waals surface area contributed by atoms with Gasteiger partial charge >= 0.3 is 0 Å². The fourth-order valence-electron chi connectivity index (χ4n) is 4.77. The predicted molar refractivity (Wildman–Crippen MR) is 158 cm³/mol. The summed E-state index contributed by atoms with van der Waals surface area (Å²) in [6.07, 6.45) is 2.94. The number of methoxy groups -OCH3 is 2. The summed E-state index contributed by atoms with van der Waals surface area (Å²) in [7, 11) is 2.92. The number of aromatic nitrogens is 3. The molecule has 1 N–H and O–H groups in total. The molecule has 43 heavy (non-hydrogen) atoms. The number of nitrogens with one attached hydrogen (secondary N) is 1. The van der Waals surface area contributed by atoms with Crippen molar-refractivity contribution in [2.75, 3.05) is 19.5 Å². The van der Waals surface area contributed by atoms with Crippen LogP contribution in [0.25, 0.3) is 22.2 Å². The number of benzene rings is 2. The van der Waals surface area contributed by atoms with Crippen LogP contribution in [-0.2, 0) is 0 Å². The number of fused-ring (bicyclic) bond motifs is 1. The van der Waals surface area contributed by atoms with Gasteiger partial charge in [0.2, 0.25) is 5.43 Å². The van der Waals surface area contributed by atoms with E-state index in [4.69, 9.17) is 14.2 Å². The molecule has 3 heterocycles. The Labute approximate surface area is 245 Å². The second-order valence-corrected chi connectivity index (χ2v) is 9.92. The minimum absolute atomic E-state index is 0.0994. The van der Waals surface area contributed by atoms with Crippen LogP contribution in [0.1, 0.15) is 35.9 Å². The topological polar surface area (TPSA) is 105 Å². The number of rotatable bonds is 8. The second-order valence-electron chi connectivity index (χ2n) is 9.92. The molecule has 0 radical (unpaired) electrons. The molecule has 3 aromatic heterocycles. The molecule has 220 valence electrons. The van der Waals surface area contributed by atoms with E-state index < -0.39 is 23.0 Å². The van der Waals surface area contributed by atoms with Gasteiger partial charge in [-0.1, -0.05) is 12.1 Å². The molecule has 1 amide bonds. The Morgan fingerprint density at radius 3 is 2.44 bits per heavy atom. The molecule has 5 aromatic rings. The van der Waals surface area contributed by atoms with Gasteiger partial charge in [-0.25, -0.2) is 13.8 Å². The van der Waals surface area contributed by atoms with Crippen LogP contribution in [0, 0.1) is 18.6 Å². The standard InChI is InChI=1S/C32H28F2N4O5/c1-17(2)38-16-22(30(39)28(18(38)3)19-7-6-8-20(33)13-19)31(40)36-21-9-10-25(23(34)14-21)43-26-11-12-35-24-15-27(41-4)32(42-5)37-29(24)26/h6-17H,1-5H3,(H,36,40). The van der Waals surface area contributed by atoms with E-state index in [0.29, 0.717) is 28.0 Å². The lowest BCUT2D eigenvalue weighted by Crippen LogP contribution is -2.27. The third kappa shape index (κ3) is 5.74. The highest BCUT2D eigenvalue weighted by molar-refractivity contribution is 6.04. The molecule has 0 fully saturated rings. The summed E-state index contributed by atoms with van der Waals surface area (Å²) in [6.45, 7) is 5.54. The maximum absolute atomic E-state index is 15.2. The lowest BCUT2D eigenvalue weighted by molar-refractivity contribution is 0.102. The molecule has 0 saturated carbocycles. The van der Waals surface area contributed by atoms with Crippen molar-refractivity contribution in [1.82, 2.24) is 14.5 Å². The van der Waals surface area contributed by atoms with Gasteiger partial charge in [0.05, 0.1) is 19.7 Å². The molecule has 0 aliphatic rings. The van der Waals surface area contributed by atoms with E-state index in [1.165, 1.54) is 63.0 Å². The van der Waals surface area contributed by atoms with Crippen molar-refractivity contribution < 1.29 is 27.8 Å². The van der Waals surface area contributed by atoms with Crippen molar-refractivity contribution in [2.24, 2.45) is 0 Å². The van der Waals surface area contributed by atoms with Crippen LogP contribution in [0.5, 0.6) is 23.1 Å². The van der Waals surface area contributed by atoms with Gasteiger partial charge in [-0.15, -0.1) is 0 Å². The molecule has 11 heteroatoms. The van der Waals surface area contributed by atoms with E-state index in [1.54, 1.807) is 23.6 Å². The Morgan fingerprint density at radius 2 is 1.77 bits per heavy atom. The van der Waals surface area contributed by atoms with Crippen LogP contribution in [0.15, 0.2) is 71.8 Å². The van der Waals surface area contributed by atoms with Crippen LogP contribution in [0.2, 0.25) is 0 Å². The highest BCUT2D eigenvalue weighted by Crippen LogP contribution is 2.35. The van der Waals surface area contributed by atoms with E-state index in [0.717, 1.165) is 6.07 Å². The van der Waals surface area contributed by atoms with E-state index in [1.807, 2.05) is 13.8 Å². The Balaban J connectivity index is 1.45. The summed E-state index contributed by atoms with van der Waals surface area (Å²) in [5, 5.41) is 2.59. The minimum atomic E-state index is -0.771. The summed E-state index contributed by atoms with van der Waals surface area (Å²) in [5.41, 5.74) is 1.29. The summed E-state index contributed by atoms with van der Waals surface area (Å²) >= 11 is 0. The number of ether oxygens (including phenoxy) is 3. The third-order valence-corrected chi connectivity index (χ3v) is 6.83. The normalized spacial score (nSPS) is 11.1. The Hall–Kier alpha value is -5.32. The van der Waals surface area contributed by atoms with Crippen LogP contribution >= 0.6 is 0 Å². The number of carbonyl (C=O) groups is 1. The molecule has 9 nitrogen and oxygen atoms in total. The van der Waals surface area contributed by atoms with Gasteiger partial charge < -0.3 is 24.1 Å². The zero-order chi connectivity index (χ0) is 30.8. The molecule has 0 aliphatic heterocycles. The fourth-order valence-corrected chi connectivity index (χ4v) is 4.77. The number of anilines is 1. The number of pyridine rings is 3. The highest BCUT2D eigenvalue weighted by atomic mass is 19.1. The number of amides is 1. The first-order valence-electron chi connectivity index (χ1n) is 13.3. The molecule has 0 spiro atoms. The van der Waals surface area contributed by atoms with Crippen molar-refractivity contribution in [3.8, 4) is 34.3 Å². The van der Waals surface area contributed by atoms with E-state index in [9.17, 15) is 14.0 Å². The summed E-state index contributed by atoms with van der Waals surface area (Å²) in [6, 6.07) is 12.6. The predicted octanol–water partition coefficient (Wildman–Crippen LogP) is 6.69. The van der Waals surface area contributed by atoms with E-state index >= 15 is 4.39 Å². The SMILES string of the molecule is COc1cc2nccc(Oc3ccc(NC(=O)c4cn(C(C)C)c(C)c(-c5cccc(F)c5)c4=O)cc3F)c2nc1OC. The smallest absolute Gasteiger partial charge is 0.261 e. The van der Waals surface area contributed by atoms with Crippen LogP contribution in [0.4, 0.5) is 14.5 Å². The van der Waals surface area contributed by atoms with Gasteiger partial charge in [-0.05, 0) is 50.6 Å². The van der Waals surface area contributed by atoms with Crippen molar-refractivity contribution in [2.45, 2.75) is 26.8 Å². The molecule has 0 saturated heterocycles. The molecule has 0 unspecified atom stereocenters. The van der Waals surface area contributed by atoms with Gasteiger partial charge in [0.1, 0.15) is 16.9 Å². The zero-order valence-electron chi connectivity index (χ0n) is 24.1.